The fraction of sp³-hybridized carbons (Fsp3) is 0.222. The zero-order valence-electron chi connectivity index (χ0n) is 8.88. The molecule has 1 rings (SSSR count). The molecule has 16 heavy (non-hydrogen) atoms. The van der Waals surface area contributed by atoms with E-state index < -0.39 is 12.6 Å². The Bertz CT molecular complexity index is 437. The molecule has 0 bridgehead atoms. The van der Waals surface area contributed by atoms with Crippen molar-refractivity contribution in [2.45, 2.75) is 0 Å². The molecule has 5 nitrogen and oxygen atoms in total. The first-order valence-electron chi connectivity index (χ1n) is 4.31. The third-order valence-corrected chi connectivity index (χ3v) is 3.40. The summed E-state index contributed by atoms with van der Waals surface area (Å²) in [5, 5.41) is 0. The molecule has 88 valence electrons. The van der Waals surface area contributed by atoms with Crippen LogP contribution in [0.4, 0.5) is 0 Å². The summed E-state index contributed by atoms with van der Waals surface area (Å²) in [7, 11) is 2.65. The molecule has 0 heterocycles. The number of rotatable bonds is 4. The first kappa shape index (κ1) is 13.1. The van der Waals surface area contributed by atoms with E-state index >= 15 is 0 Å². The first-order chi connectivity index (χ1) is 7.50. The highest BCUT2D eigenvalue weighted by atomic mass is 32.5. The number of hydrogen-bond donors (Lipinski definition) is 1. The normalized spacial score (nSPS) is 13.9. The molecule has 0 saturated carbocycles. The smallest absolute Gasteiger partial charge is 0.341 e. The number of carbonyl (C=O) groups is 1. The van der Waals surface area contributed by atoms with Crippen LogP contribution in [0.3, 0.4) is 0 Å². The van der Waals surface area contributed by atoms with Gasteiger partial charge in [0, 0.05) is 7.11 Å². The molecular formula is C9H12NO4PS. The molecule has 0 aliphatic carbocycles. The Morgan fingerprint density at radius 2 is 2.00 bits per heavy atom. The van der Waals surface area contributed by atoms with Crippen molar-refractivity contribution in [2.75, 3.05) is 14.2 Å². The SMILES string of the molecule is COC(=O)c1ccccc1OP(N)(=S)OC. The van der Waals surface area contributed by atoms with Crippen molar-refractivity contribution in [3.8, 4) is 5.75 Å². The zero-order chi connectivity index (χ0) is 12.2. The second-order valence-electron chi connectivity index (χ2n) is 2.80. The Hall–Kier alpha value is -0.940. The van der Waals surface area contributed by atoms with E-state index in [2.05, 4.69) is 4.74 Å². The maximum absolute atomic E-state index is 11.4. The minimum atomic E-state index is -2.85. The lowest BCUT2D eigenvalue weighted by Crippen LogP contribution is -2.08. The van der Waals surface area contributed by atoms with Crippen LogP contribution in [0.5, 0.6) is 5.75 Å². The van der Waals surface area contributed by atoms with Gasteiger partial charge in [-0.2, -0.15) is 0 Å². The van der Waals surface area contributed by atoms with E-state index in [0.717, 1.165) is 0 Å². The monoisotopic (exact) mass is 261 g/mol. The van der Waals surface area contributed by atoms with E-state index in [0.29, 0.717) is 0 Å². The molecule has 7 heteroatoms. The average Bonchev–Trinajstić information content (AvgIpc) is 2.28. The van der Waals surface area contributed by atoms with E-state index in [1.165, 1.54) is 14.2 Å². The molecule has 0 fully saturated rings. The molecule has 0 aliphatic rings. The number of carbonyl (C=O) groups excluding carboxylic acids is 1. The Kier molecular flexibility index (Phi) is 4.44. The van der Waals surface area contributed by atoms with Gasteiger partial charge in [-0.1, -0.05) is 12.1 Å². The fourth-order valence-electron chi connectivity index (χ4n) is 0.999. The van der Waals surface area contributed by atoms with Crippen LogP contribution >= 0.6 is 6.64 Å². The molecular weight excluding hydrogens is 249 g/mol. The molecule has 1 aromatic rings. The van der Waals surface area contributed by atoms with Crippen molar-refractivity contribution in [1.29, 1.82) is 0 Å². The second-order valence-corrected chi connectivity index (χ2v) is 5.96. The highest BCUT2D eigenvalue weighted by Gasteiger charge is 2.18. The van der Waals surface area contributed by atoms with Crippen LogP contribution in [-0.4, -0.2) is 20.2 Å². The van der Waals surface area contributed by atoms with Gasteiger partial charge in [0.25, 0.3) is 0 Å². The minimum absolute atomic E-state index is 0.265. The number of methoxy groups -OCH3 is 1. The van der Waals surface area contributed by atoms with E-state index in [-0.39, 0.29) is 11.3 Å². The largest absolute Gasteiger partial charge is 0.465 e. The molecule has 0 amide bonds. The van der Waals surface area contributed by atoms with E-state index in [4.69, 9.17) is 26.4 Å². The summed E-state index contributed by atoms with van der Waals surface area (Å²) in [6.45, 7) is -2.85. The quantitative estimate of drug-likeness (QED) is 0.656. The van der Waals surface area contributed by atoms with Crippen molar-refractivity contribution in [3.63, 3.8) is 0 Å². The topological polar surface area (TPSA) is 70.8 Å². The summed E-state index contributed by atoms with van der Waals surface area (Å²) in [6, 6.07) is 6.53. The number of ether oxygens (including phenoxy) is 1. The maximum Gasteiger partial charge on any atom is 0.341 e. The summed E-state index contributed by atoms with van der Waals surface area (Å²) in [5.74, 6) is -0.247. The van der Waals surface area contributed by atoms with Crippen LogP contribution in [0, 0.1) is 0 Å². The zero-order valence-corrected chi connectivity index (χ0v) is 10.6. The molecule has 1 aromatic carbocycles. The number of benzene rings is 1. The predicted molar refractivity (Wildman–Crippen MR) is 63.9 cm³/mol. The standard InChI is InChI=1S/C9H12NO4PS/c1-12-9(11)7-5-3-4-6-8(7)14-15(10,16)13-2/h3-6H,1-2H3,(H2,10,16). The molecule has 2 N–H and O–H groups in total. The van der Waals surface area contributed by atoms with Crippen molar-refractivity contribution in [3.05, 3.63) is 29.8 Å². The van der Waals surface area contributed by atoms with Crippen LogP contribution in [0.2, 0.25) is 0 Å². The third kappa shape index (κ3) is 3.28. The van der Waals surface area contributed by atoms with Gasteiger partial charge in [0.05, 0.1) is 7.11 Å². The van der Waals surface area contributed by atoms with Gasteiger partial charge in [-0.3, -0.25) is 0 Å². The minimum Gasteiger partial charge on any atom is -0.465 e. The molecule has 0 spiro atoms. The lowest BCUT2D eigenvalue weighted by molar-refractivity contribution is 0.0598. The van der Waals surface area contributed by atoms with E-state index in [9.17, 15) is 4.79 Å². The van der Waals surface area contributed by atoms with Crippen LogP contribution in [-0.2, 0) is 21.1 Å². The predicted octanol–water partition coefficient (Wildman–Crippen LogP) is 1.68. The number of nitrogens with two attached hydrogens (primary N) is 1. The first-order valence-corrected chi connectivity index (χ1v) is 7.02. The highest BCUT2D eigenvalue weighted by Crippen LogP contribution is 2.40. The summed E-state index contributed by atoms with van der Waals surface area (Å²) in [4.78, 5) is 11.4. The molecule has 0 saturated heterocycles. The number of esters is 1. The summed E-state index contributed by atoms with van der Waals surface area (Å²) < 4.78 is 14.7. The van der Waals surface area contributed by atoms with Gasteiger partial charge in [-0.05, 0) is 23.9 Å². The maximum atomic E-state index is 11.4. The van der Waals surface area contributed by atoms with Gasteiger partial charge < -0.3 is 13.8 Å². The summed E-state index contributed by atoms with van der Waals surface area (Å²) in [6.07, 6.45) is 0. The van der Waals surface area contributed by atoms with Crippen LogP contribution < -0.4 is 10.0 Å². The van der Waals surface area contributed by atoms with Gasteiger partial charge in [0.2, 0.25) is 0 Å². The second kappa shape index (κ2) is 5.41. The highest BCUT2D eigenvalue weighted by molar-refractivity contribution is 8.08. The number of hydrogen-bond acceptors (Lipinski definition) is 5. The lowest BCUT2D eigenvalue weighted by atomic mass is 10.2. The molecule has 0 aromatic heterocycles. The van der Waals surface area contributed by atoms with Gasteiger partial charge in [-0.25, -0.2) is 10.3 Å². The molecule has 1 unspecified atom stereocenters. The van der Waals surface area contributed by atoms with Crippen LogP contribution in [0.15, 0.2) is 24.3 Å². The fourth-order valence-corrected chi connectivity index (χ4v) is 1.75. The van der Waals surface area contributed by atoms with Crippen molar-refractivity contribution < 1.29 is 18.6 Å². The Balaban J connectivity index is 3.05. The van der Waals surface area contributed by atoms with E-state index in [1.54, 1.807) is 24.3 Å². The summed E-state index contributed by atoms with van der Waals surface area (Å²) in [5.41, 5.74) is 5.85. The number of para-hydroxylation sites is 1. The van der Waals surface area contributed by atoms with E-state index in [1.807, 2.05) is 0 Å². The Morgan fingerprint density at radius 3 is 2.56 bits per heavy atom. The van der Waals surface area contributed by atoms with Crippen LogP contribution in [0.25, 0.3) is 0 Å². The van der Waals surface area contributed by atoms with Gasteiger partial charge >= 0.3 is 12.6 Å². The van der Waals surface area contributed by atoms with Crippen molar-refractivity contribution in [1.82, 2.24) is 0 Å². The van der Waals surface area contributed by atoms with Crippen molar-refractivity contribution >= 4 is 24.4 Å². The van der Waals surface area contributed by atoms with Crippen LogP contribution in [0.1, 0.15) is 10.4 Å². The van der Waals surface area contributed by atoms with Gasteiger partial charge in [0.15, 0.2) is 0 Å². The van der Waals surface area contributed by atoms with Gasteiger partial charge in [-0.15, -0.1) is 0 Å². The van der Waals surface area contributed by atoms with Crippen molar-refractivity contribution in [2.24, 2.45) is 5.50 Å². The summed E-state index contributed by atoms with van der Waals surface area (Å²) >= 11 is 4.90. The Labute approximate surface area is 98.7 Å². The van der Waals surface area contributed by atoms with Gasteiger partial charge in [0.1, 0.15) is 11.3 Å². The molecule has 0 radical (unpaired) electrons. The average molecular weight is 261 g/mol. The lowest BCUT2D eigenvalue weighted by Gasteiger charge is -2.17. The third-order valence-electron chi connectivity index (χ3n) is 1.77. The Morgan fingerprint density at radius 1 is 1.38 bits per heavy atom. The molecule has 0 aliphatic heterocycles. The molecule has 1 atom stereocenters.